The van der Waals surface area contributed by atoms with Crippen molar-refractivity contribution < 1.29 is 27.0 Å². The smallest absolute Gasteiger partial charge is 0.485 e. The molecule has 8 heteroatoms. The molecule has 0 aliphatic heterocycles. The monoisotopic (exact) mass is 431 g/mol. The molecule has 0 spiro atoms. The van der Waals surface area contributed by atoms with Gasteiger partial charge in [0.2, 0.25) is 0 Å². The van der Waals surface area contributed by atoms with E-state index in [1.165, 1.54) is 30.5 Å². The van der Waals surface area contributed by atoms with Gasteiger partial charge in [-0.1, -0.05) is 28.6 Å². The van der Waals surface area contributed by atoms with Crippen molar-refractivity contribution in [2.75, 3.05) is 0 Å². The molecule has 0 saturated carbocycles. The van der Waals surface area contributed by atoms with Gasteiger partial charge < -0.3 is 9.47 Å². The Morgan fingerprint density at radius 1 is 1.27 bits per heavy atom. The Hall–Kier alpha value is -2.35. The molecule has 0 aliphatic rings. The van der Waals surface area contributed by atoms with E-state index in [2.05, 4.69) is 32.2 Å². The maximum Gasteiger partial charge on any atom is 0.573 e. The normalized spacial score (nSPS) is 12.0. The molecule has 0 saturated heterocycles. The number of rotatable bonds is 6. The van der Waals surface area contributed by atoms with Crippen molar-refractivity contribution in [2.24, 2.45) is 0 Å². The highest BCUT2D eigenvalue weighted by atomic mass is 79.9. The zero-order valence-corrected chi connectivity index (χ0v) is 15.2. The molecule has 0 radical (unpaired) electrons. The van der Waals surface area contributed by atoms with E-state index in [0.29, 0.717) is 15.6 Å². The number of alkyl halides is 3. The van der Waals surface area contributed by atoms with E-state index in [0.717, 1.165) is 6.07 Å². The first-order valence-corrected chi connectivity index (χ1v) is 8.11. The third kappa shape index (κ3) is 5.59. The van der Waals surface area contributed by atoms with Gasteiger partial charge in [-0.3, -0.25) is 4.98 Å². The zero-order valence-electron chi connectivity index (χ0n) is 13.6. The summed E-state index contributed by atoms with van der Waals surface area (Å²) in [4.78, 5) is 4.02. The molecule has 0 unspecified atom stereocenters. The lowest BCUT2D eigenvalue weighted by Crippen LogP contribution is -2.17. The minimum Gasteiger partial charge on any atom is -0.485 e. The highest BCUT2D eigenvalue weighted by Gasteiger charge is 2.32. The molecule has 0 aliphatic carbocycles. The van der Waals surface area contributed by atoms with Crippen LogP contribution in [0.15, 0.2) is 53.7 Å². The van der Waals surface area contributed by atoms with Crippen LogP contribution in [-0.4, -0.2) is 11.3 Å². The van der Waals surface area contributed by atoms with E-state index in [-0.39, 0.29) is 18.1 Å². The van der Waals surface area contributed by atoms with Gasteiger partial charge in [-0.05, 0) is 42.8 Å². The zero-order chi connectivity index (χ0) is 19.3. The van der Waals surface area contributed by atoms with E-state index < -0.39 is 17.9 Å². The van der Waals surface area contributed by atoms with Crippen molar-refractivity contribution in [3.05, 3.63) is 70.5 Å². The Balaban J connectivity index is 2.18. The lowest BCUT2D eigenvalue weighted by Gasteiger charge is -2.15. The third-order valence-electron chi connectivity index (χ3n) is 3.15. The summed E-state index contributed by atoms with van der Waals surface area (Å²) in [5.41, 5.74) is 1.29. The maximum atomic E-state index is 13.8. The molecule has 26 heavy (non-hydrogen) atoms. The molecule has 0 bridgehead atoms. The first-order valence-electron chi connectivity index (χ1n) is 7.32. The fraction of sp³-hybridized carbons (Fsp3) is 0.167. The van der Waals surface area contributed by atoms with Crippen LogP contribution in [0.4, 0.5) is 17.6 Å². The number of hydrogen-bond acceptors (Lipinski definition) is 3. The molecule has 3 nitrogen and oxygen atoms in total. The van der Waals surface area contributed by atoms with Crippen LogP contribution in [0.1, 0.15) is 16.8 Å². The summed E-state index contributed by atoms with van der Waals surface area (Å²) in [6.07, 6.45) is -0.951. The van der Waals surface area contributed by atoms with Gasteiger partial charge in [0, 0.05) is 16.2 Å². The molecular formula is C18H14BrF4NO2. The standard InChI is InChI=1S/C18H14BrF4NO2/c1-3-4-14(20)17-11(2)7-12(9-24-17)10-25-15-6-5-13(19)8-16(15)26-18(21,22)23/h3-9H,1,10H2,2H3/b14-4+. The van der Waals surface area contributed by atoms with E-state index in [9.17, 15) is 17.6 Å². The average Bonchev–Trinajstić information content (AvgIpc) is 2.53. The van der Waals surface area contributed by atoms with E-state index in [4.69, 9.17) is 4.74 Å². The van der Waals surface area contributed by atoms with Gasteiger partial charge in [-0.25, -0.2) is 4.39 Å². The predicted octanol–water partition coefficient (Wildman–Crippen LogP) is 6.13. The van der Waals surface area contributed by atoms with Gasteiger partial charge in [0.25, 0.3) is 0 Å². The van der Waals surface area contributed by atoms with Crippen molar-refractivity contribution in [1.82, 2.24) is 4.98 Å². The summed E-state index contributed by atoms with van der Waals surface area (Å²) in [6.45, 7) is 5.02. The summed E-state index contributed by atoms with van der Waals surface area (Å²) in [5.74, 6) is -1.07. The van der Waals surface area contributed by atoms with Gasteiger partial charge in [0.1, 0.15) is 18.1 Å². The molecule has 1 aromatic carbocycles. The number of pyridine rings is 1. The second-order valence-corrected chi connectivity index (χ2v) is 6.10. The van der Waals surface area contributed by atoms with Gasteiger partial charge in [-0.15, -0.1) is 13.2 Å². The lowest BCUT2D eigenvalue weighted by molar-refractivity contribution is -0.275. The third-order valence-corrected chi connectivity index (χ3v) is 3.64. The largest absolute Gasteiger partial charge is 0.573 e. The second kappa shape index (κ2) is 8.35. The lowest BCUT2D eigenvalue weighted by atomic mass is 10.1. The average molecular weight is 432 g/mol. The Kier molecular flexibility index (Phi) is 6.42. The quantitative estimate of drug-likeness (QED) is 0.407. The molecule has 0 fully saturated rings. The Bertz CT molecular complexity index is 834. The number of allylic oxidation sites excluding steroid dienone is 2. The van der Waals surface area contributed by atoms with Gasteiger partial charge in [0.15, 0.2) is 11.5 Å². The Morgan fingerprint density at radius 3 is 2.62 bits per heavy atom. The van der Waals surface area contributed by atoms with Crippen molar-refractivity contribution in [3.63, 3.8) is 0 Å². The number of benzene rings is 1. The van der Waals surface area contributed by atoms with Crippen LogP contribution in [0.25, 0.3) is 5.83 Å². The first kappa shape index (κ1) is 20.0. The number of aromatic nitrogens is 1. The summed E-state index contributed by atoms with van der Waals surface area (Å²) in [5, 5.41) is 0. The van der Waals surface area contributed by atoms with Crippen LogP contribution in [-0.2, 0) is 6.61 Å². The summed E-state index contributed by atoms with van der Waals surface area (Å²) < 4.78 is 61.1. The van der Waals surface area contributed by atoms with Crippen LogP contribution >= 0.6 is 15.9 Å². The van der Waals surface area contributed by atoms with Crippen molar-refractivity contribution in [1.29, 1.82) is 0 Å². The van der Waals surface area contributed by atoms with Crippen LogP contribution in [0.5, 0.6) is 11.5 Å². The number of hydrogen-bond donors (Lipinski definition) is 0. The Morgan fingerprint density at radius 2 is 2.00 bits per heavy atom. The fourth-order valence-corrected chi connectivity index (χ4v) is 2.45. The van der Waals surface area contributed by atoms with E-state index in [1.807, 2.05) is 0 Å². The first-order chi connectivity index (χ1) is 12.2. The number of ether oxygens (including phenoxy) is 2. The van der Waals surface area contributed by atoms with Gasteiger partial charge in [-0.2, -0.15) is 0 Å². The molecule has 1 heterocycles. The second-order valence-electron chi connectivity index (χ2n) is 5.19. The van der Waals surface area contributed by atoms with E-state index in [1.54, 1.807) is 13.0 Å². The molecule has 0 N–H and O–H groups in total. The Labute approximate surface area is 156 Å². The number of halogens is 5. The van der Waals surface area contributed by atoms with Crippen LogP contribution < -0.4 is 9.47 Å². The molecule has 138 valence electrons. The van der Waals surface area contributed by atoms with Crippen molar-refractivity contribution in [2.45, 2.75) is 19.9 Å². The maximum absolute atomic E-state index is 13.8. The van der Waals surface area contributed by atoms with E-state index >= 15 is 0 Å². The molecule has 2 rings (SSSR count). The highest BCUT2D eigenvalue weighted by Crippen LogP contribution is 2.35. The molecule has 0 atom stereocenters. The summed E-state index contributed by atoms with van der Waals surface area (Å²) in [6, 6.07) is 5.68. The van der Waals surface area contributed by atoms with Crippen molar-refractivity contribution in [3.8, 4) is 11.5 Å². The molecule has 1 aromatic heterocycles. The minimum absolute atomic E-state index is 0.0588. The predicted molar refractivity (Wildman–Crippen MR) is 93.4 cm³/mol. The van der Waals surface area contributed by atoms with Crippen molar-refractivity contribution >= 4 is 21.8 Å². The molecular weight excluding hydrogens is 418 g/mol. The van der Waals surface area contributed by atoms with Gasteiger partial charge in [0.05, 0.1) is 0 Å². The summed E-state index contributed by atoms with van der Waals surface area (Å²) >= 11 is 3.08. The van der Waals surface area contributed by atoms with Crippen LogP contribution in [0.2, 0.25) is 0 Å². The number of aryl methyl sites for hydroxylation is 1. The van der Waals surface area contributed by atoms with Gasteiger partial charge >= 0.3 is 6.36 Å². The molecule has 0 amide bonds. The fourth-order valence-electron chi connectivity index (χ4n) is 2.11. The minimum atomic E-state index is -4.84. The highest BCUT2D eigenvalue weighted by molar-refractivity contribution is 9.10. The summed E-state index contributed by atoms with van der Waals surface area (Å²) in [7, 11) is 0. The molecule has 2 aromatic rings. The van der Waals surface area contributed by atoms with Crippen LogP contribution in [0.3, 0.4) is 0 Å². The topological polar surface area (TPSA) is 31.4 Å². The van der Waals surface area contributed by atoms with Crippen LogP contribution in [0, 0.1) is 6.92 Å². The SMILES string of the molecule is C=C/C=C(/F)c1ncc(COc2ccc(Br)cc2OC(F)(F)F)cc1C. The number of nitrogens with zero attached hydrogens (tertiary/aromatic N) is 1.